The van der Waals surface area contributed by atoms with Gasteiger partial charge in [-0.1, -0.05) is 0 Å². The molecule has 2 aromatic rings. The molecule has 3 rings (SSSR count). The molecule has 5 nitrogen and oxygen atoms in total. The van der Waals surface area contributed by atoms with E-state index in [1.54, 1.807) is 28.9 Å². The molecule has 3 N–H and O–H groups in total. The Kier molecular flexibility index (Phi) is 2.71. The molecule has 92 valence electrons. The molecule has 0 unspecified atom stereocenters. The maximum Gasteiger partial charge on any atom is 0.276 e. The van der Waals surface area contributed by atoms with Crippen molar-refractivity contribution in [2.24, 2.45) is 0 Å². The summed E-state index contributed by atoms with van der Waals surface area (Å²) in [6.07, 6.45) is 1.58. The van der Waals surface area contributed by atoms with Crippen LogP contribution in [0, 0.1) is 0 Å². The third kappa shape index (κ3) is 1.84. The number of carbonyl (C=O) groups excluding carboxylic acids is 1. The summed E-state index contributed by atoms with van der Waals surface area (Å²) in [5.74, 6) is 0.816. The normalized spacial score (nSPS) is 14.3. The maximum atomic E-state index is 12.3. The smallest absolute Gasteiger partial charge is 0.276 e. The van der Waals surface area contributed by atoms with Crippen molar-refractivity contribution >= 4 is 29.0 Å². The first-order valence-corrected chi connectivity index (χ1v) is 6.58. The van der Waals surface area contributed by atoms with E-state index >= 15 is 0 Å². The van der Waals surface area contributed by atoms with Gasteiger partial charge in [0.2, 0.25) is 0 Å². The zero-order chi connectivity index (χ0) is 12.5. The molecule has 1 aromatic carbocycles. The standard InChI is InChI=1S/C12H12N4OS/c13-8-1-2-11-10(7-8)16(5-6-18-11)12(17)9-3-4-14-15-9/h1-4,7H,5-6,13H2,(H,14,15). The number of aromatic amines is 1. The second-order valence-electron chi connectivity index (χ2n) is 4.00. The van der Waals surface area contributed by atoms with E-state index in [4.69, 9.17) is 5.73 Å². The summed E-state index contributed by atoms with van der Waals surface area (Å²) in [6.45, 7) is 0.680. The van der Waals surface area contributed by atoms with Gasteiger partial charge in [0.15, 0.2) is 0 Å². The molecule has 0 fully saturated rings. The van der Waals surface area contributed by atoms with Crippen LogP contribution in [0.2, 0.25) is 0 Å². The van der Waals surface area contributed by atoms with Gasteiger partial charge in [-0.15, -0.1) is 11.8 Å². The zero-order valence-corrected chi connectivity index (χ0v) is 10.4. The maximum absolute atomic E-state index is 12.3. The fourth-order valence-corrected chi connectivity index (χ4v) is 2.94. The lowest BCUT2D eigenvalue weighted by atomic mass is 10.2. The van der Waals surface area contributed by atoms with Gasteiger partial charge >= 0.3 is 0 Å². The highest BCUT2D eigenvalue weighted by atomic mass is 32.2. The molecule has 1 aliphatic heterocycles. The minimum Gasteiger partial charge on any atom is -0.399 e. The number of nitrogen functional groups attached to an aromatic ring is 1. The van der Waals surface area contributed by atoms with E-state index in [9.17, 15) is 4.79 Å². The highest BCUT2D eigenvalue weighted by Crippen LogP contribution is 2.36. The number of H-pyrrole nitrogens is 1. The first-order chi connectivity index (χ1) is 8.75. The average molecular weight is 260 g/mol. The van der Waals surface area contributed by atoms with Crippen LogP contribution in [-0.2, 0) is 0 Å². The van der Waals surface area contributed by atoms with Crippen molar-refractivity contribution in [3.63, 3.8) is 0 Å². The monoisotopic (exact) mass is 260 g/mol. The Labute approximate surface area is 108 Å². The second kappa shape index (κ2) is 4.38. The van der Waals surface area contributed by atoms with Crippen molar-refractivity contribution in [1.82, 2.24) is 10.2 Å². The van der Waals surface area contributed by atoms with Crippen molar-refractivity contribution in [3.05, 3.63) is 36.2 Å². The molecular weight excluding hydrogens is 248 g/mol. The van der Waals surface area contributed by atoms with E-state index in [1.807, 2.05) is 18.2 Å². The molecule has 0 saturated heterocycles. The highest BCUT2D eigenvalue weighted by molar-refractivity contribution is 7.99. The van der Waals surface area contributed by atoms with Gasteiger partial charge in [-0.25, -0.2) is 0 Å². The van der Waals surface area contributed by atoms with Gasteiger partial charge in [0.25, 0.3) is 5.91 Å². The van der Waals surface area contributed by atoms with Gasteiger partial charge in [0, 0.05) is 29.1 Å². The summed E-state index contributed by atoms with van der Waals surface area (Å²) < 4.78 is 0. The fraction of sp³-hybridized carbons (Fsp3) is 0.167. The number of aromatic nitrogens is 2. The number of rotatable bonds is 1. The van der Waals surface area contributed by atoms with Crippen LogP contribution in [0.5, 0.6) is 0 Å². The van der Waals surface area contributed by atoms with Gasteiger partial charge < -0.3 is 10.6 Å². The Morgan fingerprint density at radius 2 is 2.33 bits per heavy atom. The molecule has 1 amide bonds. The molecule has 1 aliphatic rings. The first kappa shape index (κ1) is 11.2. The summed E-state index contributed by atoms with van der Waals surface area (Å²) in [7, 11) is 0. The van der Waals surface area contributed by atoms with E-state index < -0.39 is 0 Å². The quantitative estimate of drug-likeness (QED) is 0.766. The molecule has 1 aromatic heterocycles. The second-order valence-corrected chi connectivity index (χ2v) is 5.14. The summed E-state index contributed by atoms with van der Waals surface area (Å²) in [5, 5.41) is 6.51. The van der Waals surface area contributed by atoms with Gasteiger partial charge in [0.1, 0.15) is 5.69 Å². The number of hydrogen-bond acceptors (Lipinski definition) is 4. The van der Waals surface area contributed by atoms with Crippen LogP contribution >= 0.6 is 11.8 Å². The van der Waals surface area contributed by atoms with Gasteiger partial charge in [-0.2, -0.15) is 5.10 Å². The Hall–Kier alpha value is -1.95. The van der Waals surface area contributed by atoms with E-state index in [1.165, 1.54) is 0 Å². The largest absolute Gasteiger partial charge is 0.399 e. The summed E-state index contributed by atoms with van der Waals surface area (Å²) >= 11 is 1.74. The SMILES string of the molecule is Nc1ccc2c(c1)N(C(=O)c1ccn[nH]1)CCS2. The number of carbonyl (C=O) groups is 1. The Morgan fingerprint density at radius 1 is 1.44 bits per heavy atom. The lowest BCUT2D eigenvalue weighted by Gasteiger charge is -2.28. The van der Waals surface area contributed by atoms with Crippen LogP contribution in [0.25, 0.3) is 0 Å². The lowest BCUT2D eigenvalue weighted by Crippen LogP contribution is -2.35. The van der Waals surface area contributed by atoms with Crippen LogP contribution in [0.4, 0.5) is 11.4 Å². The van der Waals surface area contributed by atoms with Crippen LogP contribution in [-0.4, -0.2) is 28.4 Å². The number of nitrogens with two attached hydrogens (primary N) is 1. The average Bonchev–Trinajstić information content (AvgIpc) is 2.91. The molecule has 0 radical (unpaired) electrons. The Balaban J connectivity index is 2.01. The number of amides is 1. The van der Waals surface area contributed by atoms with E-state index in [0.717, 1.165) is 16.3 Å². The van der Waals surface area contributed by atoms with Gasteiger partial charge in [-0.3, -0.25) is 9.89 Å². The highest BCUT2D eigenvalue weighted by Gasteiger charge is 2.24. The minimum absolute atomic E-state index is 0.0698. The predicted molar refractivity (Wildman–Crippen MR) is 71.8 cm³/mol. The Bertz CT molecular complexity index is 582. The molecule has 2 heterocycles. The summed E-state index contributed by atoms with van der Waals surface area (Å²) in [4.78, 5) is 15.2. The van der Waals surface area contributed by atoms with Gasteiger partial charge in [0.05, 0.1) is 5.69 Å². The molecule has 0 aliphatic carbocycles. The molecule has 0 saturated carbocycles. The van der Waals surface area contributed by atoms with Crippen molar-refractivity contribution in [2.45, 2.75) is 4.90 Å². The molecule has 18 heavy (non-hydrogen) atoms. The van der Waals surface area contributed by atoms with Gasteiger partial charge in [-0.05, 0) is 24.3 Å². The van der Waals surface area contributed by atoms with Crippen LogP contribution in [0.3, 0.4) is 0 Å². The predicted octanol–water partition coefficient (Wildman–Crippen LogP) is 1.74. The van der Waals surface area contributed by atoms with Crippen molar-refractivity contribution in [3.8, 4) is 0 Å². The van der Waals surface area contributed by atoms with E-state index in [2.05, 4.69) is 10.2 Å². The third-order valence-corrected chi connectivity index (χ3v) is 3.87. The van der Waals surface area contributed by atoms with Crippen molar-refractivity contribution in [1.29, 1.82) is 0 Å². The summed E-state index contributed by atoms with van der Waals surface area (Å²) in [5.41, 5.74) is 7.84. The topological polar surface area (TPSA) is 75.0 Å². The molecule has 0 bridgehead atoms. The van der Waals surface area contributed by atoms with Crippen LogP contribution in [0.15, 0.2) is 35.4 Å². The lowest BCUT2D eigenvalue weighted by molar-refractivity contribution is 0.0983. The number of fused-ring (bicyclic) bond motifs is 1. The molecule has 6 heteroatoms. The molecule has 0 atom stereocenters. The first-order valence-electron chi connectivity index (χ1n) is 5.59. The number of thioether (sulfide) groups is 1. The summed E-state index contributed by atoms with van der Waals surface area (Å²) in [6, 6.07) is 7.34. The third-order valence-electron chi connectivity index (χ3n) is 2.82. The number of hydrogen-bond donors (Lipinski definition) is 2. The van der Waals surface area contributed by atoms with Crippen molar-refractivity contribution < 1.29 is 4.79 Å². The number of anilines is 2. The van der Waals surface area contributed by atoms with E-state index in [0.29, 0.717) is 17.9 Å². The van der Waals surface area contributed by atoms with E-state index in [-0.39, 0.29) is 5.91 Å². The zero-order valence-electron chi connectivity index (χ0n) is 9.59. The van der Waals surface area contributed by atoms with Crippen LogP contribution in [0.1, 0.15) is 10.5 Å². The van der Waals surface area contributed by atoms with Crippen molar-refractivity contribution in [2.75, 3.05) is 22.9 Å². The minimum atomic E-state index is -0.0698. The molecule has 0 spiro atoms. The molecular formula is C12H12N4OS. The number of nitrogens with one attached hydrogen (secondary N) is 1. The fourth-order valence-electron chi connectivity index (χ4n) is 1.97. The Morgan fingerprint density at radius 3 is 3.11 bits per heavy atom. The number of benzene rings is 1. The van der Waals surface area contributed by atoms with Crippen LogP contribution < -0.4 is 10.6 Å². The number of nitrogens with zero attached hydrogens (tertiary/aromatic N) is 2.